The van der Waals surface area contributed by atoms with E-state index in [0.717, 1.165) is 6.54 Å². The number of carboxylic acids is 1. The average Bonchev–Trinajstić information content (AvgIpc) is 2.87. The summed E-state index contributed by atoms with van der Waals surface area (Å²) in [5, 5.41) is 12.2. The van der Waals surface area contributed by atoms with E-state index in [-0.39, 0.29) is 23.8 Å². The zero-order chi connectivity index (χ0) is 13.8. The number of likely N-dealkylation sites (N-methyl/N-ethyl adjacent to an activating group) is 1. The first-order valence-corrected chi connectivity index (χ1v) is 6.96. The monoisotopic (exact) mass is 270 g/mol. The van der Waals surface area contributed by atoms with Crippen molar-refractivity contribution in [2.45, 2.75) is 25.8 Å². The van der Waals surface area contributed by atoms with Crippen LogP contribution in [0.25, 0.3) is 0 Å². The second kappa shape index (κ2) is 6.34. The fourth-order valence-electron chi connectivity index (χ4n) is 2.84. The summed E-state index contributed by atoms with van der Waals surface area (Å²) in [6.07, 6.45) is 1.11. The van der Waals surface area contributed by atoms with Gasteiger partial charge in [-0.3, -0.25) is 9.59 Å². The van der Waals surface area contributed by atoms with E-state index in [4.69, 9.17) is 9.84 Å². The van der Waals surface area contributed by atoms with Crippen LogP contribution in [0.3, 0.4) is 0 Å². The molecule has 2 aliphatic rings. The molecule has 0 aromatic carbocycles. The van der Waals surface area contributed by atoms with Gasteiger partial charge in [0, 0.05) is 19.1 Å². The highest BCUT2D eigenvalue weighted by Gasteiger charge is 2.37. The third kappa shape index (κ3) is 3.25. The third-order valence-electron chi connectivity index (χ3n) is 4.02. The van der Waals surface area contributed by atoms with Gasteiger partial charge in [0.2, 0.25) is 5.91 Å². The topological polar surface area (TPSA) is 78.9 Å². The van der Waals surface area contributed by atoms with Gasteiger partial charge in [0.1, 0.15) is 0 Å². The van der Waals surface area contributed by atoms with Crippen LogP contribution in [0.5, 0.6) is 0 Å². The van der Waals surface area contributed by atoms with Gasteiger partial charge in [-0.2, -0.15) is 0 Å². The second-order valence-corrected chi connectivity index (χ2v) is 5.25. The van der Waals surface area contributed by atoms with Crippen molar-refractivity contribution in [3.05, 3.63) is 0 Å². The summed E-state index contributed by atoms with van der Waals surface area (Å²) in [4.78, 5) is 25.1. The Morgan fingerprint density at radius 1 is 1.32 bits per heavy atom. The van der Waals surface area contributed by atoms with Crippen LogP contribution >= 0.6 is 0 Å². The number of aliphatic carboxylic acids is 1. The number of hydrogen-bond donors (Lipinski definition) is 2. The van der Waals surface area contributed by atoms with Gasteiger partial charge in [0.15, 0.2) is 0 Å². The molecule has 2 rings (SSSR count). The fourth-order valence-corrected chi connectivity index (χ4v) is 2.84. The molecule has 6 nitrogen and oxygen atoms in total. The first kappa shape index (κ1) is 14.3. The number of piperidine rings is 1. The minimum Gasteiger partial charge on any atom is -0.481 e. The molecule has 2 atom stereocenters. The molecule has 2 saturated heterocycles. The van der Waals surface area contributed by atoms with Crippen molar-refractivity contribution in [2.24, 2.45) is 11.8 Å². The van der Waals surface area contributed by atoms with Crippen LogP contribution < -0.4 is 5.32 Å². The predicted molar refractivity (Wildman–Crippen MR) is 68.7 cm³/mol. The van der Waals surface area contributed by atoms with Crippen molar-refractivity contribution < 1.29 is 19.4 Å². The largest absolute Gasteiger partial charge is 0.481 e. The lowest BCUT2D eigenvalue weighted by Gasteiger charge is -2.33. The molecule has 0 aromatic rings. The molecule has 2 aliphatic heterocycles. The summed E-state index contributed by atoms with van der Waals surface area (Å²) in [6, 6.07) is 0.0923. The van der Waals surface area contributed by atoms with E-state index in [0.29, 0.717) is 39.1 Å². The van der Waals surface area contributed by atoms with Crippen LogP contribution in [0.2, 0.25) is 0 Å². The predicted octanol–water partition coefficient (Wildman–Crippen LogP) is -0.0659. The Morgan fingerprint density at radius 2 is 2.00 bits per heavy atom. The zero-order valence-corrected chi connectivity index (χ0v) is 11.3. The lowest BCUT2D eigenvalue weighted by Crippen LogP contribution is -2.48. The standard InChI is InChI=1S/C13H22N2O4/c1-2-14-11-8-19-7-10(11)12(16)15-5-3-9(4-6-15)13(17)18/h9-11,14H,2-8H2,1H3,(H,17,18). The highest BCUT2D eigenvalue weighted by molar-refractivity contribution is 5.80. The van der Waals surface area contributed by atoms with Crippen LogP contribution in [0, 0.1) is 11.8 Å². The number of rotatable bonds is 4. The quantitative estimate of drug-likeness (QED) is 0.748. The average molecular weight is 270 g/mol. The Labute approximate surface area is 113 Å². The maximum atomic E-state index is 12.4. The number of nitrogens with zero attached hydrogens (tertiary/aromatic N) is 1. The highest BCUT2D eigenvalue weighted by Crippen LogP contribution is 2.22. The van der Waals surface area contributed by atoms with Crippen LogP contribution in [0.4, 0.5) is 0 Å². The lowest BCUT2D eigenvalue weighted by molar-refractivity contribution is -0.146. The number of likely N-dealkylation sites (tertiary alicyclic amines) is 1. The third-order valence-corrected chi connectivity index (χ3v) is 4.02. The van der Waals surface area contributed by atoms with Crippen molar-refractivity contribution in [1.29, 1.82) is 0 Å². The molecule has 2 unspecified atom stereocenters. The van der Waals surface area contributed by atoms with Crippen LogP contribution in [-0.4, -0.2) is 60.8 Å². The number of carboxylic acid groups (broad SMARTS) is 1. The molecule has 0 aromatic heterocycles. The summed E-state index contributed by atoms with van der Waals surface area (Å²) in [5.74, 6) is -1.07. The number of ether oxygens (including phenoxy) is 1. The van der Waals surface area contributed by atoms with Gasteiger partial charge in [-0.05, 0) is 19.4 Å². The summed E-state index contributed by atoms with van der Waals surface area (Å²) >= 11 is 0. The van der Waals surface area contributed by atoms with Gasteiger partial charge in [-0.25, -0.2) is 0 Å². The maximum Gasteiger partial charge on any atom is 0.306 e. The molecular formula is C13H22N2O4. The van der Waals surface area contributed by atoms with Crippen molar-refractivity contribution in [2.75, 3.05) is 32.8 Å². The molecule has 6 heteroatoms. The molecule has 2 heterocycles. The molecule has 108 valence electrons. The van der Waals surface area contributed by atoms with Crippen LogP contribution in [0.15, 0.2) is 0 Å². The van der Waals surface area contributed by atoms with E-state index in [1.165, 1.54) is 0 Å². The Morgan fingerprint density at radius 3 is 2.58 bits per heavy atom. The van der Waals surface area contributed by atoms with Crippen molar-refractivity contribution >= 4 is 11.9 Å². The molecule has 0 saturated carbocycles. The molecule has 2 N–H and O–H groups in total. The molecule has 19 heavy (non-hydrogen) atoms. The van der Waals surface area contributed by atoms with Gasteiger partial charge >= 0.3 is 5.97 Å². The Hall–Kier alpha value is -1.14. The molecule has 2 fully saturated rings. The van der Waals surface area contributed by atoms with E-state index in [1.54, 1.807) is 4.90 Å². The lowest BCUT2D eigenvalue weighted by atomic mass is 9.94. The molecule has 0 aliphatic carbocycles. The Kier molecular flexibility index (Phi) is 4.76. The number of amides is 1. The van der Waals surface area contributed by atoms with E-state index in [9.17, 15) is 9.59 Å². The van der Waals surface area contributed by atoms with Crippen LogP contribution in [-0.2, 0) is 14.3 Å². The second-order valence-electron chi connectivity index (χ2n) is 5.25. The fraction of sp³-hybridized carbons (Fsp3) is 0.846. The van der Waals surface area contributed by atoms with Gasteiger partial charge in [-0.1, -0.05) is 6.92 Å². The number of carbonyl (C=O) groups excluding carboxylic acids is 1. The summed E-state index contributed by atoms with van der Waals surface area (Å²) in [6.45, 7) is 4.97. The first-order chi connectivity index (χ1) is 9.13. The molecule has 1 amide bonds. The molecule has 0 spiro atoms. The van der Waals surface area contributed by atoms with Gasteiger partial charge in [0.25, 0.3) is 0 Å². The normalized spacial score (nSPS) is 28.6. The zero-order valence-electron chi connectivity index (χ0n) is 11.3. The van der Waals surface area contributed by atoms with E-state index in [2.05, 4.69) is 5.32 Å². The van der Waals surface area contributed by atoms with Crippen molar-refractivity contribution in [1.82, 2.24) is 10.2 Å². The SMILES string of the molecule is CCNC1COCC1C(=O)N1CCC(C(=O)O)CC1. The summed E-state index contributed by atoms with van der Waals surface area (Å²) in [5.41, 5.74) is 0. The number of hydrogen-bond acceptors (Lipinski definition) is 4. The van der Waals surface area contributed by atoms with E-state index >= 15 is 0 Å². The molecule has 0 radical (unpaired) electrons. The number of nitrogens with one attached hydrogen (secondary N) is 1. The van der Waals surface area contributed by atoms with E-state index in [1.807, 2.05) is 6.92 Å². The highest BCUT2D eigenvalue weighted by atomic mass is 16.5. The first-order valence-electron chi connectivity index (χ1n) is 6.96. The summed E-state index contributed by atoms with van der Waals surface area (Å²) in [7, 11) is 0. The Balaban J connectivity index is 1.88. The minimum absolute atomic E-state index is 0.0923. The molecule has 0 bridgehead atoms. The van der Waals surface area contributed by atoms with E-state index < -0.39 is 5.97 Å². The smallest absolute Gasteiger partial charge is 0.306 e. The van der Waals surface area contributed by atoms with Gasteiger partial charge in [0.05, 0.1) is 25.0 Å². The minimum atomic E-state index is -0.748. The molecular weight excluding hydrogens is 248 g/mol. The Bertz CT molecular complexity index is 340. The van der Waals surface area contributed by atoms with Gasteiger partial charge in [-0.15, -0.1) is 0 Å². The van der Waals surface area contributed by atoms with Crippen LogP contribution in [0.1, 0.15) is 19.8 Å². The van der Waals surface area contributed by atoms with Crippen molar-refractivity contribution in [3.8, 4) is 0 Å². The van der Waals surface area contributed by atoms with Gasteiger partial charge < -0.3 is 20.1 Å². The van der Waals surface area contributed by atoms with Crippen molar-refractivity contribution in [3.63, 3.8) is 0 Å². The maximum absolute atomic E-state index is 12.4. The summed E-state index contributed by atoms with van der Waals surface area (Å²) < 4.78 is 5.39. The number of carbonyl (C=O) groups is 2.